The van der Waals surface area contributed by atoms with Gasteiger partial charge in [0.15, 0.2) is 0 Å². The zero-order valence-electron chi connectivity index (χ0n) is 11.3. The predicted molar refractivity (Wildman–Crippen MR) is 84.7 cm³/mol. The van der Waals surface area contributed by atoms with Gasteiger partial charge in [-0.1, -0.05) is 60.1 Å². The molecule has 0 unspecified atom stereocenters. The van der Waals surface area contributed by atoms with Gasteiger partial charge < -0.3 is 5.11 Å². The van der Waals surface area contributed by atoms with Crippen molar-refractivity contribution in [3.63, 3.8) is 0 Å². The number of benzene rings is 2. The maximum Gasteiger partial charge on any atom is 0.138 e. The van der Waals surface area contributed by atoms with Crippen molar-refractivity contribution in [3.8, 4) is 5.75 Å². The van der Waals surface area contributed by atoms with E-state index in [1.54, 1.807) is 18.3 Å². The van der Waals surface area contributed by atoms with E-state index in [0.717, 1.165) is 11.1 Å². The summed E-state index contributed by atoms with van der Waals surface area (Å²) >= 11 is 6.36. The van der Waals surface area contributed by atoms with Gasteiger partial charge in [-0.2, -0.15) is 0 Å². The lowest BCUT2D eigenvalue weighted by atomic mass is 9.87. The van der Waals surface area contributed by atoms with Gasteiger partial charge in [-0.3, -0.25) is 4.98 Å². The highest BCUT2D eigenvalue weighted by atomic mass is 35.5. The summed E-state index contributed by atoms with van der Waals surface area (Å²) in [5, 5.41) is 10.9. The van der Waals surface area contributed by atoms with Gasteiger partial charge in [-0.25, -0.2) is 0 Å². The van der Waals surface area contributed by atoms with E-state index in [2.05, 4.69) is 4.98 Å². The second-order valence-corrected chi connectivity index (χ2v) is 5.18. The number of halogens is 1. The molecule has 0 spiro atoms. The first-order chi connectivity index (χ1) is 10.3. The molecule has 104 valence electrons. The second kappa shape index (κ2) is 5.98. The lowest BCUT2D eigenvalue weighted by Gasteiger charge is -2.19. The highest BCUT2D eigenvalue weighted by molar-refractivity contribution is 6.31. The Labute approximate surface area is 128 Å². The average molecular weight is 296 g/mol. The molecule has 0 bridgehead atoms. The average Bonchev–Trinajstić information content (AvgIpc) is 2.52. The van der Waals surface area contributed by atoms with Crippen LogP contribution in [0.25, 0.3) is 0 Å². The van der Waals surface area contributed by atoms with Crippen LogP contribution in [-0.4, -0.2) is 10.1 Å². The predicted octanol–water partition coefficient (Wildman–Crippen LogP) is 4.62. The fraction of sp³-hybridized carbons (Fsp3) is 0.0556. The molecule has 0 saturated heterocycles. The topological polar surface area (TPSA) is 33.1 Å². The Bertz CT molecular complexity index is 697. The minimum atomic E-state index is -0.193. The Morgan fingerprint density at radius 3 is 2.29 bits per heavy atom. The van der Waals surface area contributed by atoms with Crippen LogP contribution in [0.3, 0.4) is 0 Å². The SMILES string of the molecule is Oc1cccnc1[C@@H](c1ccccc1)c1ccccc1Cl. The Morgan fingerprint density at radius 1 is 0.857 bits per heavy atom. The van der Waals surface area contributed by atoms with Crippen molar-refractivity contribution in [1.29, 1.82) is 0 Å². The summed E-state index contributed by atoms with van der Waals surface area (Å²) in [5.41, 5.74) is 2.58. The lowest BCUT2D eigenvalue weighted by molar-refractivity contribution is 0.463. The van der Waals surface area contributed by atoms with E-state index in [4.69, 9.17) is 11.6 Å². The lowest BCUT2D eigenvalue weighted by Crippen LogP contribution is -2.06. The molecular formula is C18H14ClNO. The maximum absolute atomic E-state index is 10.2. The van der Waals surface area contributed by atoms with Crippen LogP contribution in [0.2, 0.25) is 5.02 Å². The third-order valence-electron chi connectivity index (χ3n) is 3.44. The van der Waals surface area contributed by atoms with E-state index in [1.807, 2.05) is 54.6 Å². The summed E-state index contributed by atoms with van der Waals surface area (Å²) in [6.45, 7) is 0. The molecule has 1 aromatic heterocycles. The molecule has 1 N–H and O–H groups in total. The van der Waals surface area contributed by atoms with E-state index in [9.17, 15) is 5.11 Å². The Balaban J connectivity index is 2.22. The molecule has 0 amide bonds. The van der Waals surface area contributed by atoms with Crippen LogP contribution < -0.4 is 0 Å². The summed E-state index contributed by atoms with van der Waals surface area (Å²) in [6, 6.07) is 21.0. The minimum absolute atomic E-state index is 0.172. The number of hydrogen-bond donors (Lipinski definition) is 1. The summed E-state index contributed by atoms with van der Waals surface area (Å²) < 4.78 is 0. The van der Waals surface area contributed by atoms with Crippen molar-refractivity contribution in [3.05, 3.63) is 94.8 Å². The van der Waals surface area contributed by atoms with E-state index in [1.165, 1.54) is 0 Å². The van der Waals surface area contributed by atoms with Gasteiger partial charge in [0.2, 0.25) is 0 Å². The van der Waals surface area contributed by atoms with Crippen molar-refractivity contribution in [2.45, 2.75) is 5.92 Å². The fourth-order valence-electron chi connectivity index (χ4n) is 2.47. The molecule has 21 heavy (non-hydrogen) atoms. The molecule has 0 aliphatic rings. The standard InChI is InChI=1S/C18H14ClNO/c19-15-10-5-4-9-14(15)17(13-7-2-1-3-8-13)18-16(21)11-6-12-20-18/h1-12,17,21H/t17-/m0/s1. The zero-order chi connectivity index (χ0) is 14.7. The third kappa shape index (κ3) is 2.76. The summed E-state index contributed by atoms with van der Waals surface area (Å²) in [6.07, 6.45) is 1.68. The normalized spacial score (nSPS) is 12.0. The number of rotatable bonds is 3. The van der Waals surface area contributed by atoms with E-state index in [0.29, 0.717) is 10.7 Å². The molecule has 0 radical (unpaired) electrons. The van der Waals surface area contributed by atoms with E-state index < -0.39 is 0 Å². The van der Waals surface area contributed by atoms with Gasteiger partial charge in [0.05, 0.1) is 11.6 Å². The first-order valence-electron chi connectivity index (χ1n) is 6.70. The number of aromatic nitrogens is 1. The van der Waals surface area contributed by atoms with Gasteiger partial charge in [-0.15, -0.1) is 0 Å². The molecule has 0 aliphatic heterocycles. The van der Waals surface area contributed by atoms with E-state index in [-0.39, 0.29) is 11.7 Å². The van der Waals surface area contributed by atoms with Crippen LogP contribution in [0, 0.1) is 0 Å². The highest BCUT2D eigenvalue weighted by Gasteiger charge is 2.22. The van der Waals surface area contributed by atoms with Crippen molar-refractivity contribution < 1.29 is 5.11 Å². The zero-order valence-corrected chi connectivity index (χ0v) is 12.0. The van der Waals surface area contributed by atoms with Crippen LogP contribution in [-0.2, 0) is 0 Å². The van der Waals surface area contributed by atoms with Crippen LogP contribution in [0.1, 0.15) is 22.7 Å². The van der Waals surface area contributed by atoms with E-state index >= 15 is 0 Å². The monoisotopic (exact) mass is 295 g/mol. The smallest absolute Gasteiger partial charge is 0.138 e. The van der Waals surface area contributed by atoms with Gasteiger partial charge in [0, 0.05) is 11.2 Å². The minimum Gasteiger partial charge on any atom is -0.506 e. The van der Waals surface area contributed by atoms with Crippen molar-refractivity contribution >= 4 is 11.6 Å². The molecule has 0 saturated carbocycles. The fourth-order valence-corrected chi connectivity index (χ4v) is 2.72. The molecule has 0 aliphatic carbocycles. The number of aromatic hydroxyl groups is 1. The third-order valence-corrected chi connectivity index (χ3v) is 3.78. The van der Waals surface area contributed by atoms with Crippen molar-refractivity contribution in [2.24, 2.45) is 0 Å². The first kappa shape index (κ1) is 13.7. The van der Waals surface area contributed by atoms with Crippen LogP contribution in [0.15, 0.2) is 72.9 Å². The molecule has 3 rings (SSSR count). The number of nitrogens with zero attached hydrogens (tertiary/aromatic N) is 1. The molecule has 3 heteroatoms. The molecular weight excluding hydrogens is 282 g/mol. The van der Waals surface area contributed by atoms with Gasteiger partial charge in [-0.05, 0) is 29.3 Å². The van der Waals surface area contributed by atoms with Gasteiger partial charge >= 0.3 is 0 Å². The maximum atomic E-state index is 10.2. The first-order valence-corrected chi connectivity index (χ1v) is 7.08. The van der Waals surface area contributed by atoms with Gasteiger partial charge in [0.25, 0.3) is 0 Å². The summed E-state index contributed by atoms with van der Waals surface area (Å²) in [5.74, 6) is -0.0210. The molecule has 1 heterocycles. The van der Waals surface area contributed by atoms with Crippen LogP contribution >= 0.6 is 11.6 Å². The molecule has 2 aromatic carbocycles. The number of pyridine rings is 1. The second-order valence-electron chi connectivity index (χ2n) is 4.77. The van der Waals surface area contributed by atoms with Crippen LogP contribution in [0.5, 0.6) is 5.75 Å². The van der Waals surface area contributed by atoms with Crippen molar-refractivity contribution in [2.75, 3.05) is 0 Å². The Morgan fingerprint density at radius 2 is 1.57 bits per heavy atom. The molecule has 1 atom stereocenters. The summed E-state index contributed by atoms with van der Waals surface area (Å²) in [4.78, 5) is 4.36. The largest absolute Gasteiger partial charge is 0.506 e. The molecule has 0 fully saturated rings. The van der Waals surface area contributed by atoms with Gasteiger partial charge in [0.1, 0.15) is 5.75 Å². The molecule has 3 aromatic rings. The highest BCUT2D eigenvalue weighted by Crippen LogP contribution is 2.37. The Hall–Kier alpha value is -2.32. The summed E-state index contributed by atoms with van der Waals surface area (Å²) in [7, 11) is 0. The van der Waals surface area contributed by atoms with Crippen LogP contribution in [0.4, 0.5) is 0 Å². The Kier molecular flexibility index (Phi) is 3.89. The molecule has 2 nitrogen and oxygen atoms in total. The van der Waals surface area contributed by atoms with Crippen molar-refractivity contribution in [1.82, 2.24) is 4.98 Å². The number of hydrogen-bond acceptors (Lipinski definition) is 2. The quantitative estimate of drug-likeness (QED) is 0.765.